The molecule has 3 amide bonds. The van der Waals surface area contributed by atoms with Crippen LogP contribution >= 0.6 is 24.1 Å². The van der Waals surface area contributed by atoms with Crippen molar-refractivity contribution in [3.8, 4) is 11.6 Å². The first kappa shape index (κ1) is 43.8. The molecule has 0 aliphatic carbocycles. The number of anilines is 1. The van der Waals surface area contributed by atoms with E-state index in [9.17, 15) is 50.2 Å². The zero-order chi connectivity index (χ0) is 42.5. The molecule has 23 nitrogen and oxygen atoms in total. The third-order valence-electron chi connectivity index (χ3n) is 7.97. The Morgan fingerprint density at radius 2 is 1.52 bits per heavy atom. The number of nitrogens with zero attached hydrogens (tertiary/aromatic N) is 5. The molecular formula is C31H28N6O17S4. The molecule has 2 aliphatic rings. The Bertz CT molecular complexity index is 2530. The van der Waals surface area contributed by atoms with Crippen molar-refractivity contribution in [3.63, 3.8) is 0 Å². The maximum atomic E-state index is 13.8. The van der Waals surface area contributed by atoms with E-state index in [1.165, 1.54) is 24.1 Å². The number of hydrogen-bond acceptors (Lipinski definition) is 19. The summed E-state index contributed by atoms with van der Waals surface area (Å²) in [7, 11) is -8.74. The number of ketones is 1. The van der Waals surface area contributed by atoms with E-state index in [4.69, 9.17) is 10.5 Å². The maximum Gasteiger partial charge on any atom is 0.296 e. The van der Waals surface area contributed by atoms with Crippen molar-refractivity contribution in [2.75, 3.05) is 18.6 Å². The Morgan fingerprint density at radius 1 is 0.931 bits per heavy atom. The molecule has 58 heavy (non-hydrogen) atoms. The van der Waals surface area contributed by atoms with Crippen LogP contribution in [-0.4, -0.2) is 99.1 Å². The summed E-state index contributed by atoms with van der Waals surface area (Å²) in [4.78, 5) is 52.3. The first-order chi connectivity index (χ1) is 27.4. The minimum Gasteiger partial charge on any atom is -0.493 e. The van der Waals surface area contributed by atoms with Gasteiger partial charge in [0.1, 0.15) is 15.5 Å². The molecular weight excluding hydrogens is 857 g/mol. The van der Waals surface area contributed by atoms with Gasteiger partial charge in [-0.1, -0.05) is 10.1 Å². The van der Waals surface area contributed by atoms with Gasteiger partial charge in [0.05, 0.1) is 46.6 Å². The van der Waals surface area contributed by atoms with Gasteiger partial charge in [0, 0.05) is 42.4 Å². The van der Waals surface area contributed by atoms with E-state index < -0.39 is 81.9 Å². The number of nitrogens with one attached hydrogen (secondary N) is 1. The van der Waals surface area contributed by atoms with Crippen LogP contribution in [-0.2, 0) is 53.4 Å². The largest absolute Gasteiger partial charge is 0.493 e. The van der Waals surface area contributed by atoms with Gasteiger partial charge in [-0.25, -0.2) is 10.5 Å². The number of benzene rings is 2. The second kappa shape index (κ2) is 18.1. The fourth-order valence-corrected chi connectivity index (χ4v) is 7.57. The number of likely N-dealkylation sites (tertiary alicyclic amines) is 1. The van der Waals surface area contributed by atoms with Crippen molar-refractivity contribution < 1.29 is 79.5 Å². The summed E-state index contributed by atoms with van der Waals surface area (Å²) in [5, 5.41) is 46.5. The lowest BCUT2D eigenvalue weighted by Gasteiger charge is -2.17. The van der Waals surface area contributed by atoms with Crippen molar-refractivity contribution >= 4 is 85.3 Å². The first-order valence-electron chi connectivity index (χ1n) is 15.8. The predicted molar refractivity (Wildman–Crippen MR) is 198 cm³/mol. The van der Waals surface area contributed by atoms with Crippen LogP contribution in [0.2, 0.25) is 0 Å². The quantitative estimate of drug-likeness (QED) is 0.0301. The molecule has 1 saturated heterocycles. The number of aromatic hydroxyl groups is 1. The molecule has 27 heteroatoms. The van der Waals surface area contributed by atoms with Crippen LogP contribution in [0.5, 0.6) is 5.88 Å². The molecule has 0 saturated carbocycles. The molecule has 3 heterocycles. The average Bonchev–Trinajstić information content (AvgIpc) is 3.85. The Hall–Kier alpha value is -5.30. The smallest absolute Gasteiger partial charge is 0.296 e. The van der Waals surface area contributed by atoms with Crippen molar-refractivity contribution in [2.45, 2.75) is 39.3 Å². The standard InChI is InChI=1S/C31H28N6O17S4/c1-16(38)27-20(30(41)36(33-27)22-14-18(55-53-51-43)7-11-24(22)57(45,46)47)9-5-17(35-13-3-4-26(35)39)6-10-21-28(29(40)32-2)34-37(31(21)42)23-15-19(56-54-52-44)8-12-25(23)58(48,49)50/h5-12,14-15,42-44H,3-4,13H2,1-2H3,(H,32,40)(H,45,46,47)(H,48,49,50)/b10-6+,17-5-,20-9+. The Morgan fingerprint density at radius 3 is 2.03 bits per heavy atom. The highest BCUT2D eigenvalue weighted by Gasteiger charge is 2.36. The van der Waals surface area contributed by atoms with Crippen LogP contribution in [0.15, 0.2) is 90.6 Å². The molecule has 6 N–H and O–H groups in total. The number of rotatable bonds is 16. The Balaban J connectivity index is 1.64. The summed E-state index contributed by atoms with van der Waals surface area (Å²) in [5.74, 6) is -3.92. The van der Waals surface area contributed by atoms with Crippen LogP contribution < -0.4 is 10.3 Å². The average molecular weight is 885 g/mol. The zero-order valence-electron chi connectivity index (χ0n) is 29.4. The number of carbonyl (C=O) groups excluding carboxylic acids is 4. The number of amides is 3. The van der Waals surface area contributed by atoms with Gasteiger partial charge in [0.25, 0.3) is 32.1 Å². The molecule has 3 aromatic rings. The normalized spacial score (nSPS) is 15.9. The zero-order valence-corrected chi connectivity index (χ0v) is 32.7. The molecule has 0 unspecified atom stereocenters. The number of Topliss-reactive ketones (excluding diaryl/α,β-unsaturated/α-hetero) is 1. The number of hydrogen-bond donors (Lipinski definition) is 6. The van der Waals surface area contributed by atoms with Crippen molar-refractivity contribution in [1.29, 1.82) is 0 Å². The van der Waals surface area contributed by atoms with Gasteiger partial charge in [0.2, 0.25) is 11.8 Å². The van der Waals surface area contributed by atoms with E-state index in [-0.39, 0.29) is 39.9 Å². The van der Waals surface area contributed by atoms with Crippen LogP contribution in [0.4, 0.5) is 5.69 Å². The highest BCUT2D eigenvalue weighted by Crippen LogP contribution is 2.36. The predicted octanol–water partition coefficient (Wildman–Crippen LogP) is 2.73. The van der Waals surface area contributed by atoms with Crippen molar-refractivity contribution in [3.05, 3.63) is 77.2 Å². The molecule has 2 aromatic carbocycles. The van der Waals surface area contributed by atoms with Crippen LogP contribution in [0, 0.1) is 0 Å². The molecule has 0 radical (unpaired) electrons. The maximum absolute atomic E-state index is 13.8. The topological polar surface area (TPSA) is 323 Å². The van der Waals surface area contributed by atoms with E-state index in [0.29, 0.717) is 40.2 Å². The first-order valence-corrected chi connectivity index (χ1v) is 20.2. The highest BCUT2D eigenvalue weighted by molar-refractivity contribution is 7.94. The summed E-state index contributed by atoms with van der Waals surface area (Å²) in [6.07, 6.45) is 5.20. The van der Waals surface area contributed by atoms with Gasteiger partial charge in [-0.05, 0) is 67.1 Å². The highest BCUT2D eigenvalue weighted by atomic mass is 32.2. The van der Waals surface area contributed by atoms with E-state index in [1.807, 2.05) is 0 Å². The lowest BCUT2D eigenvalue weighted by atomic mass is 10.1. The lowest BCUT2D eigenvalue weighted by molar-refractivity contribution is -0.432. The minimum absolute atomic E-state index is 0.0236. The molecule has 0 spiro atoms. The monoisotopic (exact) mass is 884 g/mol. The number of hydrazone groups is 1. The van der Waals surface area contributed by atoms with Crippen molar-refractivity contribution in [1.82, 2.24) is 20.0 Å². The summed E-state index contributed by atoms with van der Waals surface area (Å²) >= 11 is 0.786. The molecule has 1 fully saturated rings. The lowest BCUT2D eigenvalue weighted by Crippen LogP contribution is -2.24. The van der Waals surface area contributed by atoms with Crippen LogP contribution in [0.1, 0.15) is 35.8 Å². The molecule has 308 valence electrons. The number of carbonyl (C=O) groups is 4. The third kappa shape index (κ3) is 9.52. The summed E-state index contributed by atoms with van der Waals surface area (Å²) < 4.78 is 78.2. The van der Waals surface area contributed by atoms with Crippen LogP contribution in [0.3, 0.4) is 0 Å². The van der Waals surface area contributed by atoms with E-state index in [1.54, 1.807) is 0 Å². The summed E-state index contributed by atoms with van der Waals surface area (Å²) in [6, 6.07) is 6.20. The molecule has 0 bridgehead atoms. The number of aromatic nitrogens is 2. The van der Waals surface area contributed by atoms with E-state index in [2.05, 4.69) is 34.3 Å². The van der Waals surface area contributed by atoms with Gasteiger partial charge in [-0.3, -0.25) is 28.3 Å². The van der Waals surface area contributed by atoms with E-state index >= 15 is 0 Å². The Kier molecular flexibility index (Phi) is 13.7. The Labute approximate surface area is 335 Å². The van der Waals surface area contributed by atoms with Gasteiger partial charge in [-0.15, -0.1) is 8.67 Å². The van der Waals surface area contributed by atoms with Gasteiger partial charge in [-0.2, -0.15) is 36.7 Å². The second-order valence-electron chi connectivity index (χ2n) is 11.5. The van der Waals surface area contributed by atoms with E-state index in [0.717, 1.165) is 55.5 Å². The van der Waals surface area contributed by atoms with Crippen molar-refractivity contribution in [2.24, 2.45) is 5.10 Å². The van der Waals surface area contributed by atoms with Gasteiger partial charge >= 0.3 is 0 Å². The number of allylic oxidation sites excluding steroid dienone is 3. The van der Waals surface area contributed by atoms with Crippen LogP contribution in [0.25, 0.3) is 11.8 Å². The molecule has 5 rings (SSSR count). The molecule has 2 aliphatic heterocycles. The minimum atomic E-state index is -4.99. The molecule has 0 atom stereocenters. The third-order valence-corrected chi connectivity index (χ3v) is 10.9. The summed E-state index contributed by atoms with van der Waals surface area (Å²) in [6.45, 7) is 1.22. The SMILES string of the molecule is CNC(=O)c1nn(-c2cc(SOOO)ccc2S(=O)(=O)O)c(O)c1/C=C/C(=C/C=C1/C(=O)N(c2cc(SOOO)ccc2S(=O)(=O)O)N=C1C(C)=O)N1CCCC1=O. The molecule has 1 aromatic heterocycles. The second-order valence-corrected chi connectivity index (χ2v) is 15.8. The van der Waals surface area contributed by atoms with Gasteiger partial charge < -0.3 is 15.3 Å². The fraction of sp³-hybridized carbons (Fsp3) is 0.161. The fourth-order valence-electron chi connectivity index (χ4n) is 5.49. The van der Waals surface area contributed by atoms with Gasteiger partial charge in [0.15, 0.2) is 11.5 Å². The summed E-state index contributed by atoms with van der Waals surface area (Å²) in [5.41, 5.74) is -2.65.